The van der Waals surface area contributed by atoms with Crippen molar-refractivity contribution in [1.29, 1.82) is 0 Å². The van der Waals surface area contributed by atoms with Crippen LogP contribution in [0.3, 0.4) is 0 Å². The van der Waals surface area contributed by atoms with Crippen LogP contribution in [-0.4, -0.2) is 23.7 Å². The van der Waals surface area contributed by atoms with E-state index < -0.39 is 17.9 Å². The summed E-state index contributed by atoms with van der Waals surface area (Å²) >= 11 is 0. The van der Waals surface area contributed by atoms with E-state index in [-0.39, 0.29) is 18.9 Å². The molecule has 1 atom stereocenters. The maximum absolute atomic E-state index is 12.0. The minimum absolute atomic E-state index is 0.00579. The van der Waals surface area contributed by atoms with Crippen molar-refractivity contribution in [1.82, 2.24) is 0 Å². The molecule has 4 nitrogen and oxygen atoms in total. The fourth-order valence-corrected chi connectivity index (χ4v) is 3.28. The third kappa shape index (κ3) is 3.04. The molecule has 3 rings (SSSR count). The Morgan fingerprint density at radius 3 is 2.08 bits per heavy atom. The molecule has 0 fully saturated rings. The van der Waals surface area contributed by atoms with Gasteiger partial charge in [0, 0.05) is 5.92 Å². The van der Waals surface area contributed by atoms with Gasteiger partial charge in [-0.3, -0.25) is 9.59 Å². The molecule has 1 unspecified atom stereocenters. The van der Waals surface area contributed by atoms with Gasteiger partial charge in [0.25, 0.3) is 0 Å². The number of rotatable bonds is 6. The molecule has 1 aliphatic rings. The summed E-state index contributed by atoms with van der Waals surface area (Å²) in [6, 6.07) is 16.2. The van der Waals surface area contributed by atoms with Crippen molar-refractivity contribution in [2.24, 2.45) is 5.92 Å². The van der Waals surface area contributed by atoms with Crippen molar-refractivity contribution in [3.05, 3.63) is 59.7 Å². The van der Waals surface area contributed by atoms with E-state index in [4.69, 9.17) is 9.84 Å². The van der Waals surface area contributed by atoms with Crippen LogP contribution < -0.4 is 0 Å². The number of esters is 1. The lowest BCUT2D eigenvalue weighted by molar-refractivity contribution is -0.151. The van der Waals surface area contributed by atoms with Crippen molar-refractivity contribution in [2.45, 2.75) is 25.7 Å². The SMILES string of the molecule is CCC(CC(=O)OCC1c2ccccc2-c2ccccc21)C(=O)O. The summed E-state index contributed by atoms with van der Waals surface area (Å²) < 4.78 is 5.42. The van der Waals surface area contributed by atoms with E-state index >= 15 is 0 Å². The molecule has 0 bridgehead atoms. The molecule has 24 heavy (non-hydrogen) atoms. The van der Waals surface area contributed by atoms with Crippen LogP contribution in [0.1, 0.15) is 36.8 Å². The molecule has 1 aliphatic carbocycles. The number of carbonyl (C=O) groups excluding carboxylic acids is 1. The van der Waals surface area contributed by atoms with Crippen molar-refractivity contribution >= 4 is 11.9 Å². The molecule has 0 spiro atoms. The maximum atomic E-state index is 12.0. The number of fused-ring (bicyclic) bond motifs is 3. The molecule has 124 valence electrons. The zero-order chi connectivity index (χ0) is 17.1. The Kier molecular flexibility index (Phi) is 4.65. The summed E-state index contributed by atoms with van der Waals surface area (Å²) in [7, 11) is 0. The van der Waals surface area contributed by atoms with E-state index in [1.807, 2.05) is 24.3 Å². The number of hydrogen-bond donors (Lipinski definition) is 1. The van der Waals surface area contributed by atoms with E-state index in [0.717, 1.165) is 11.1 Å². The highest BCUT2D eigenvalue weighted by Crippen LogP contribution is 2.44. The second-order valence-corrected chi connectivity index (χ2v) is 6.06. The van der Waals surface area contributed by atoms with Crippen LogP contribution in [0, 0.1) is 5.92 Å². The molecule has 0 saturated heterocycles. The number of aliphatic carboxylic acids is 1. The minimum Gasteiger partial charge on any atom is -0.481 e. The second-order valence-electron chi connectivity index (χ2n) is 6.06. The summed E-state index contributed by atoms with van der Waals surface area (Å²) in [5, 5.41) is 9.05. The van der Waals surface area contributed by atoms with Crippen LogP contribution in [-0.2, 0) is 14.3 Å². The van der Waals surface area contributed by atoms with Crippen LogP contribution in [0.25, 0.3) is 11.1 Å². The lowest BCUT2D eigenvalue weighted by Gasteiger charge is -2.15. The molecule has 2 aromatic carbocycles. The van der Waals surface area contributed by atoms with Gasteiger partial charge < -0.3 is 9.84 Å². The number of carboxylic acids is 1. The highest BCUT2D eigenvalue weighted by atomic mass is 16.5. The number of benzene rings is 2. The summed E-state index contributed by atoms with van der Waals surface area (Å²) in [6.07, 6.45) is 0.335. The molecule has 0 saturated carbocycles. The van der Waals surface area contributed by atoms with E-state index in [1.54, 1.807) is 6.92 Å². The zero-order valence-corrected chi connectivity index (χ0v) is 13.6. The van der Waals surface area contributed by atoms with Gasteiger partial charge in [0.2, 0.25) is 0 Å². The molecular weight excluding hydrogens is 304 g/mol. The molecule has 1 N–H and O–H groups in total. The Bertz CT molecular complexity index is 720. The fourth-order valence-electron chi connectivity index (χ4n) is 3.28. The molecule has 4 heteroatoms. The maximum Gasteiger partial charge on any atom is 0.307 e. The fraction of sp³-hybridized carbons (Fsp3) is 0.300. The summed E-state index contributed by atoms with van der Waals surface area (Å²) in [5.41, 5.74) is 4.64. The largest absolute Gasteiger partial charge is 0.481 e. The monoisotopic (exact) mass is 324 g/mol. The van der Waals surface area contributed by atoms with Crippen LogP contribution in [0.15, 0.2) is 48.5 Å². The quantitative estimate of drug-likeness (QED) is 0.820. The Morgan fingerprint density at radius 2 is 1.58 bits per heavy atom. The van der Waals surface area contributed by atoms with Crippen molar-refractivity contribution in [3.63, 3.8) is 0 Å². The molecule has 0 amide bonds. The molecule has 0 radical (unpaired) electrons. The Hall–Kier alpha value is -2.62. The van der Waals surface area contributed by atoms with Gasteiger partial charge in [0.05, 0.1) is 12.3 Å². The topological polar surface area (TPSA) is 63.6 Å². The van der Waals surface area contributed by atoms with Gasteiger partial charge >= 0.3 is 11.9 Å². The van der Waals surface area contributed by atoms with Crippen LogP contribution in [0.2, 0.25) is 0 Å². The zero-order valence-electron chi connectivity index (χ0n) is 13.6. The lowest BCUT2D eigenvalue weighted by Crippen LogP contribution is -2.20. The number of carbonyl (C=O) groups is 2. The Balaban J connectivity index is 1.74. The summed E-state index contributed by atoms with van der Waals surface area (Å²) in [6.45, 7) is 2.00. The first kappa shape index (κ1) is 16.2. The van der Waals surface area contributed by atoms with Gasteiger partial charge in [-0.1, -0.05) is 55.5 Å². The molecule has 2 aromatic rings. The average molecular weight is 324 g/mol. The third-order valence-corrected chi connectivity index (χ3v) is 4.63. The normalized spacial score (nSPS) is 13.9. The van der Waals surface area contributed by atoms with E-state index in [0.29, 0.717) is 6.42 Å². The summed E-state index contributed by atoms with van der Waals surface area (Å²) in [4.78, 5) is 23.1. The first-order valence-electron chi connectivity index (χ1n) is 8.18. The van der Waals surface area contributed by atoms with E-state index in [9.17, 15) is 9.59 Å². The van der Waals surface area contributed by atoms with Gasteiger partial charge in [-0.05, 0) is 28.7 Å². The van der Waals surface area contributed by atoms with Crippen LogP contribution >= 0.6 is 0 Å². The van der Waals surface area contributed by atoms with Crippen molar-refractivity contribution < 1.29 is 19.4 Å². The van der Waals surface area contributed by atoms with Crippen LogP contribution in [0.5, 0.6) is 0 Å². The van der Waals surface area contributed by atoms with Crippen LogP contribution in [0.4, 0.5) is 0 Å². The first-order chi connectivity index (χ1) is 11.6. The average Bonchev–Trinajstić information content (AvgIpc) is 2.91. The van der Waals surface area contributed by atoms with Gasteiger partial charge in [0.15, 0.2) is 0 Å². The second kappa shape index (κ2) is 6.87. The van der Waals surface area contributed by atoms with E-state index in [1.165, 1.54) is 11.1 Å². The molecule has 0 heterocycles. The smallest absolute Gasteiger partial charge is 0.307 e. The highest BCUT2D eigenvalue weighted by Gasteiger charge is 2.29. The lowest BCUT2D eigenvalue weighted by atomic mass is 9.98. The van der Waals surface area contributed by atoms with E-state index in [2.05, 4.69) is 24.3 Å². The van der Waals surface area contributed by atoms with Gasteiger partial charge in [-0.15, -0.1) is 0 Å². The van der Waals surface area contributed by atoms with Gasteiger partial charge in [0.1, 0.15) is 6.61 Å². The third-order valence-electron chi connectivity index (χ3n) is 4.63. The molecule has 0 aliphatic heterocycles. The standard InChI is InChI=1S/C20H20O4/c1-2-13(20(22)23)11-19(21)24-12-18-16-9-5-3-7-14(16)15-8-4-6-10-17(15)18/h3-10,13,18H,2,11-12H2,1H3,(H,22,23). The number of carboxylic acid groups (broad SMARTS) is 1. The molecular formula is C20H20O4. The van der Waals surface area contributed by atoms with Gasteiger partial charge in [-0.2, -0.15) is 0 Å². The minimum atomic E-state index is -0.953. The number of ether oxygens (including phenoxy) is 1. The van der Waals surface area contributed by atoms with Gasteiger partial charge in [-0.25, -0.2) is 0 Å². The predicted octanol–water partition coefficient (Wildman–Crippen LogP) is 3.84. The Morgan fingerprint density at radius 1 is 1.04 bits per heavy atom. The Labute approximate surface area is 141 Å². The number of hydrogen-bond acceptors (Lipinski definition) is 3. The molecule has 0 aromatic heterocycles. The van der Waals surface area contributed by atoms with Crippen molar-refractivity contribution in [2.75, 3.05) is 6.61 Å². The predicted molar refractivity (Wildman–Crippen MR) is 90.7 cm³/mol. The summed E-state index contributed by atoms with van der Waals surface area (Å²) in [5.74, 6) is -2.08. The van der Waals surface area contributed by atoms with Crippen molar-refractivity contribution in [3.8, 4) is 11.1 Å². The first-order valence-corrected chi connectivity index (χ1v) is 8.18. The highest BCUT2D eigenvalue weighted by molar-refractivity contribution is 5.80.